The SMILES string of the molecule is COC(=O)c1cc(COc2ccc(C)nc2)c(C)o1. The van der Waals surface area contributed by atoms with E-state index >= 15 is 0 Å². The Labute approximate surface area is 111 Å². The van der Waals surface area contributed by atoms with Gasteiger partial charge in [-0.25, -0.2) is 4.79 Å². The fourth-order valence-electron chi connectivity index (χ4n) is 1.57. The molecule has 0 saturated heterocycles. The summed E-state index contributed by atoms with van der Waals surface area (Å²) < 4.78 is 15.5. The number of aromatic nitrogens is 1. The van der Waals surface area contributed by atoms with Crippen molar-refractivity contribution in [2.75, 3.05) is 7.11 Å². The number of ether oxygens (including phenoxy) is 2. The molecule has 0 fully saturated rings. The summed E-state index contributed by atoms with van der Waals surface area (Å²) in [6.07, 6.45) is 1.66. The molecular formula is C14H15NO4. The number of hydrogen-bond acceptors (Lipinski definition) is 5. The van der Waals surface area contributed by atoms with E-state index in [4.69, 9.17) is 9.15 Å². The molecular weight excluding hydrogens is 246 g/mol. The minimum Gasteiger partial charge on any atom is -0.487 e. The van der Waals surface area contributed by atoms with Crippen LogP contribution in [0.15, 0.2) is 28.8 Å². The molecule has 0 radical (unpaired) electrons. The third kappa shape index (κ3) is 3.13. The van der Waals surface area contributed by atoms with Gasteiger partial charge in [-0.15, -0.1) is 0 Å². The molecule has 0 aliphatic rings. The maximum absolute atomic E-state index is 11.3. The second-order valence-corrected chi connectivity index (χ2v) is 4.11. The lowest BCUT2D eigenvalue weighted by Crippen LogP contribution is -1.99. The van der Waals surface area contributed by atoms with Gasteiger partial charge < -0.3 is 13.9 Å². The van der Waals surface area contributed by atoms with Gasteiger partial charge in [0.25, 0.3) is 0 Å². The monoisotopic (exact) mass is 261 g/mol. The Bertz CT molecular complexity index is 572. The molecule has 19 heavy (non-hydrogen) atoms. The molecule has 0 saturated carbocycles. The second-order valence-electron chi connectivity index (χ2n) is 4.11. The van der Waals surface area contributed by atoms with Gasteiger partial charge in [0.15, 0.2) is 0 Å². The smallest absolute Gasteiger partial charge is 0.373 e. The van der Waals surface area contributed by atoms with Crippen LogP contribution in [0.4, 0.5) is 0 Å². The Morgan fingerprint density at radius 2 is 2.16 bits per heavy atom. The average Bonchev–Trinajstić information content (AvgIpc) is 2.79. The van der Waals surface area contributed by atoms with Gasteiger partial charge >= 0.3 is 5.97 Å². The lowest BCUT2D eigenvalue weighted by molar-refractivity contribution is 0.0563. The normalized spacial score (nSPS) is 10.3. The number of rotatable bonds is 4. The predicted octanol–water partition coefficient (Wildman–Crippen LogP) is 2.66. The third-order valence-electron chi connectivity index (χ3n) is 2.69. The van der Waals surface area contributed by atoms with E-state index in [0.717, 1.165) is 11.3 Å². The van der Waals surface area contributed by atoms with Gasteiger partial charge in [-0.3, -0.25) is 4.98 Å². The van der Waals surface area contributed by atoms with Gasteiger partial charge in [-0.2, -0.15) is 0 Å². The number of aryl methyl sites for hydroxylation is 2. The molecule has 0 aliphatic carbocycles. The molecule has 0 amide bonds. The van der Waals surface area contributed by atoms with Gasteiger partial charge in [-0.1, -0.05) is 0 Å². The molecule has 0 bridgehead atoms. The van der Waals surface area contributed by atoms with Gasteiger partial charge in [0.2, 0.25) is 5.76 Å². The van der Waals surface area contributed by atoms with Crippen molar-refractivity contribution in [3.05, 3.63) is 47.2 Å². The van der Waals surface area contributed by atoms with Crippen molar-refractivity contribution in [1.82, 2.24) is 4.98 Å². The molecule has 0 aromatic carbocycles. The molecule has 100 valence electrons. The van der Waals surface area contributed by atoms with Crippen LogP contribution in [0.2, 0.25) is 0 Å². The van der Waals surface area contributed by atoms with Crippen molar-refractivity contribution in [3.8, 4) is 5.75 Å². The molecule has 2 heterocycles. The van der Waals surface area contributed by atoms with Crippen molar-refractivity contribution < 1.29 is 18.7 Å². The minimum absolute atomic E-state index is 0.181. The van der Waals surface area contributed by atoms with E-state index in [9.17, 15) is 4.79 Å². The summed E-state index contributed by atoms with van der Waals surface area (Å²) in [7, 11) is 1.31. The van der Waals surface area contributed by atoms with Gasteiger partial charge in [-0.05, 0) is 32.0 Å². The van der Waals surface area contributed by atoms with Crippen molar-refractivity contribution in [2.45, 2.75) is 20.5 Å². The van der Waals surface area contributed by atoms with E-state index < -0.39 is 5.97 Å². The highest BCUT2D eigenvalue weighted by atomic mass is 16.5. The van der Waals surface area contributed by atoms with Gasteiger partial charge in [0, 0.05) is 11.3 Å². The largest absolute Gasteiger partial charge is 0.487 e. The van der Waals surface area contributed by atoms with Crippen molar-refractivity contribution >= 4 is 5.97 Å². The van der Waals surface area contributed by atoms with E-state index in [1.54, 1.807) is 19.2 Å². The zero-order valence-corrected chi connectivity index (χ0v) is 11.1. The topological polar surface area (TPSA) is 61.6 Å². The first-order valence-electron chi connectivity index (χ1n) is 5.83. The molecule has 0 spiro atoms. The van der Waals surface area contributed by atoms with Crippen molar-refractivity contribution in [1.29, 1.82) is 0 Å². The van der Waals surface area contributed by atoms with E-state index in [1.165, 1.54) is 7.11 Å². The molecule has 0 unspecified atom stereocenters. The third-order valence-corrected chi connectivity index (χ3v) is 2.69. The lowest BCUT2D eigenvalue weighted by atomic mass is 10.2. The summed E-state index contributed by atoms with van der Waals surface area (Å²) in [6.45, 7) is 4.00. The van der Waals surface area contributed by atoms with E-state index in [-0.39, 0.29) is 5.76 Å². The summed E-state index contributed by atoms with van der Waals surface area (Å²) in [5.41, 5.74) is 1.74. The highest BCUT2D eigenvalue weighted by Crippen LogP contribution is 2.18. The summed E-state index contributed by atoms with van der Waals surface area (Å²) >= 11 is 0. The Morgan fingerprint density at radius 1 is 1.37 bits per heavy atom. The fourth-order valence-corrected chi connectivity index (χ4v) is 1.57. The Kier molecular flexibility index (Phi) is 3.85. The fraction of sp³-hybridized carbons (Fsp3) is 0.286. The summed E-state index contributed by atoms with van der Waals surface area (Å²) in [5, 5.41) is 0. The number of methoxy groups -OCH3 is 1. The number of esters is 1. The van der Waals surface area contributed by atoms with E-state index in [0.29, 0.717) is 18.1 Å². The van der Waals surface area contributed by atoms with Crippen LogP contribution in [0.25, 0.3) is 0 Å². The van der Waals surface area contributed by atoms with Crippen LogP contribution in [0.1, 0.15) is 27.6 Å². The predicted molar refractivity (Wildman–Crippen MR) is 68.1 cm³/mol. The first kappa shape index (κ1) is 13.1. The van der Waals surface area contributed by atoms with Crippen LogP contribution in [0, 0.1) is 13.8 Å². The summed E-state index contributed by atoms with van der Waals surface area (Å²) in [6, 6.07) is 5.35. The number of pyridine rings is 1. The maximum atomic E-state index is 11.3. The molecule has 0 N–H and O–H groups in total. The first-order valence-corrected chi connectivity index (χ1v) is 5.83. The standard InChI is InChI=1S/C14H15NO4/c1-9-4-5-12(7-15-9)18-8-11-6-13(14(16)17-3)19-10(11)2/h4-7H,8H2,1-3H3. The highest BCUT2D eigenvalue weighted by Gasteiger charge is 2.14. The van der Waals surface area contributed by atoms with Crippen molar-refractivity contribution in [2.24, 2.45) is 0 Å². The molecule has 0 atom stereocenters. The van der Waals surface area contributed by atoms with Gasteiger partial charge in [0.05, 0.1) is 13.3 Å². The van der Waals surface area contributed by atoms with E-state index in [2.05, 4.69) is 9.72 Å². The Hall–Kier alpha value is -2.30. The van der Waals surface area contributed by atoms with Crippen molar-refractivity contribution in [3.63, 3.8) is 0 Å². The number of hydrogen-bond donors (Lipinski definition) is 0. The average molecular weight is 261 g/mol. The number of nitrogens with zero attached hydrogens (tertiary/aromatic N) is 1. The zero-order valence-electron chi connectivity index (χ0n) is 11.1. The Balaban J connectivity index is 2.05. The molecule has 0 aliphatic heterocycles. The van der Waals surface area contributed by atoms with Crippen LogP contribution < -0.4 is 4.74 Å². The molecule has 2 aromatic rings. The maximum Gasteiger partial charge on any atom is 0.373 e. The second kappa shape index (κ2) is 5.56. The van der Waals surface area contributed by atoms with Crippen LogP contribution in [-0.2, 0) is 11.3 Å². The van der Waals surface area contributed by atoms with Gasteiger partial charge in [0.1, 0.15) is 18.1 Å². The van der Waals surface area contributed by atoms with Crippen LogP contribution in [-0.4, -0.2) is 18.1 Å². The first-order chi connectivity index (χ1) is 9.10. The zero-order chi connectivity index (χ0) is 13.8. The molecule has 5 heteroatoms. The quantitative estimate of drug-likeness (QED) is 0.792. The van der Waals surface area contributed by atoms with Crippen LogP contribution >= 0.6 is 0 Å². The molecule has 2 rings (SSSR count). The summed E-state index contributed by atoms with van der Waals surface area (Å²) in [5.74, 6) is 0.998. The minimum atomic E-state index is -0.494. The summed E-state index contributed by atoms with van der Waals surface area (Å²) in [4.78, 5) is 15.5. The molecule has 5 nitrogen and oxygen atoms in total. The molecule has 2 aromatic heterocycles. The number of furan rings is 1. The number of carbonyl (C=O) groups is 1. The van der Waals surface area contributed by atoms with Crippen LogP contribution in [0.5, 0.6) is 5.75 Å². The lowest BCUT2D eigenvalue weighted by Gasteiger charge is -2.04. The highest BCUT2D eigenvalue weighted by molar-refractivity contribution is 5.86. The number of carbonyl (C=O) groups excluding carboxylic acids is 1. The van der Waals surface area contributed by atoms with E-state index in [1.807, 2.05) is 19.1 Å². The van der Waals surface area contributed by atoms with Crippen LogP contribution in [0.3, 0.4) is 0 Å². The Morgan fingerprint density at radius 3 is 2.79 bits per heavy atom.